The number of benzene rings is 3. The summed E-state index contributed by atoms with van der Waals surface area (Å²) in [7, 11) is 0. The standard InChI is InChI=1S/C33H29ClN8OS/c34-31-30(26-12-14-27(15-13-26)42-23-20-37-40-42)38-32(44-31)39-33(43)41(22-17-29-35-18-7-19-36-29)21-16-28(24-8-3-1-4-9-24)25-10-5-2-6-11-25/h1-15,18-20,23,28H,16-17,21-22H2,(H,38,39,43). The van der Waals surface area contributed by atoms with Crippen LogP contribution in [-0.4, -0.2) is 54.0 Å². The molecule has 3 aromatic carbocycles. The first kappa shape index (κ1) is 29.2. The number of thiazole rings is 1. The number of carbonyl (C=O) groups is 1. The number of aromatic nitrogens is 6. The summed E-state index contributed by atoms with van der Waals surface area (Å²) in [6.07, 6.45) is 8.09. The number of nitrogens with one attached hydrogen (secondary N) is 1. The maximum atomic E-state index is 13.7. The minimum absolute atomic E-state index is 0.127. The van der Waals surface area contributed by atoms with Crippen molar-refractivity contribution in [3.8, 4) is 16.9 Å². The number of hydrogen-bond donors (Lipinski definition) is 1. The van der Waals surface area contributed by atoms with Crippen LogP contribution in [0.1, 0.15) is 29.3 Å². The third-order valence-corrected chi connectivity index (χ3v) is 8.40. The van der Waals surface area contributed by atoms with E-state index in [9.17, 15) is 4.79 Å². The number of anilines is 1. The van der Waals surface area contributed by atoms with E-state index in [0.717, 1.165) is 17.7 Å². The topological polar surface area (TPSA) is 102 Å². The number of amides is 2. The van der Waals surface area contributed by atoms with Crippen molar-refractivity contribution in [2.45, 2.75) is 18.8 Å². The van der Waals surface area contributed by atoms with Gasteiger partial charge >= 0.3 is 6.03 Å². The van der Waals surface area contributed by atoms with Crippen molar-refractivity contribution in [3.63, 3.8) is 0 Å². The minimum atomic E-state index is -0.251. The zero-order valence-corrected chi connectivity index (χ0v) is 25.3. The molecular weight excluding hydrogens is 592 g/mol. The number of nitrogens with zero attached hydrogens (tertiary/aromatic N) is 7. The first-order valence-corrected chi connectivity index (χ1v) is 15.4. The molecule has 9 nitrogen and oxygen atoms in total. The summed E-state index contributed by atoms with van der Waals surface area (Å²) in [6, 6.07) is 30.0. The summed E-state index contributed by atoms with van der Waals surface area (Å²) >= 11 is 7.84. The van der Waals surface area contributed by atoms with Gasteiger partial charge in [-0.3, -0.25) is 5.32 Å². The van der Waals surface area contributed by atoms with Gasteiger partial charge in [-0.05, 0) is 35.7 Å². The zero-order valence-electron chi connectivity index (χ0n) is 23.7. The van der Waals surface area contributed by atoms with Gasteiger partial charge in [-0.25, -0.2) is 24.4 Å². The number of rotatable bonds is 11. The molecule has 0 radical (unpaired) electrons. The Balaban J connectivity index is 1.20. The van der Waals surface area contributed by atoms with Gasteiger partial charge in [-0.2, -0.15) is 0 Å². The van der Waals surface area contributed by atoms with Gasteiger partial charge in [0.2, 0.25) is 0 Å². The molecule has 220 valence electrons. The second-order valence-corrected chi connectivity index (χ2v) is 11.6. The van der Waals surface area contributed by atoms with Crippen LogP contribution in [0.15, 0.2) is 116 Å². The van der Waals surface area contributed by atoms with Gasteiger partial charge < -0.3 is 4.90 Å². The summed E-state index contributed by atoms with van der Waals surface area (Å²) in [4.78, 5) is 28.9. The highest BCUT2D eigenvalue weighted by Gasteiger charge is 2.21. The quantitative estimate of drug-likeness (QED) is 0.165. The molecule has 2 amide bonds. The highest BCUT2D eigenvalue weighted by atomic mass is 35.5. The van der Waals surface area contributed by atoms with Crippen molar-refractivity contribution in [3.05, 3.63) is 137 Å². The maximum Gasteiger partial charge on any atom is 0.323 e. The molecule has 11 heteroatoms. The van der Waals surface area contributed by atoms with Crippen LogP contribution in [0.5, 0.6) is 0 Å². The second-order valence-electron chi connectivity index (χ2n) is 10.0. The summed E-state index contributed by atoms with van der Waals surface area (Å²) in [5.41, 5.74) is 4.72. The number of hydrogen-bond acceptors (Lipinski definition) is 7. The Hall–Kier alpha value is -4.93. The first-order valence-electron chi connectivity index (χ1n) is 14.2. The maximum absolute atomic E-state index is 13.7. The van der Waals surface area contributed by atoms with Crippen LogP contribution in [0.3, 0.4) is 0 Å². The van der Waals surface area contributed by atoms with E-state index in [1.807, 2.05) is 36.4 Å². The van der Waals surface area contributed by atoms with Crippen LogP contribution in [0, 0.1) is 0 Å². The van der Waals surface area contributed by atoms with Crippen LogP contribution in [0.4, 0.5) is 9.93 Å². The Morgan fingerprint density at radius 3 is 2.18 bits per heavy atom. The van der Waals surface area contributed by atoms with Gasteiger partial charge in [-0.15, -0.1) is 5.10 Å². The van der Waals surface area contributed by atoms with E-state index in [-0.39, 0.29) is 11.9 Å². The molecule has 0 atom stereocenters. The predicted molar refractivity (Wildman–Crippen MR) is 173 cm³/mol. The van der Waals surface area contributed by atoms with Gasteiger partial charge in [0.25, 0.3) is 0 Å². The Labute approximate surface area is 264 Å². The predicted octanol–water partition coefficient (Wildman–Crippen LogP) is 7.13. The molecule has 3 aromatic heterocycles. The molecule has 0 fully saturated rings. The Kier molecular flexibility index (Phi) is 9.29. The summed E-state index contributed by atoms with van der Waals surface area (Å²) < 4.78 is 2.17. The minimum Gasteiger partial charge on any atom is -0.324 e. The average molecular weight is 621 g/mol. The molecule has 0 aliphatic rings. The summed E-state index contributed by atoms with van der Waals surface area (Å²) in [6.45, 7) is 0.963. The third kappa shape index (κ3) is 7.16. The lowest BCUT2D eigenvalue weighted by atomic mass is 9.88. The van der Waals surface area contributed by atoms with E-state index in [1.165, 1.54) is 22.5 Å². The molecule has 0 bridgehead atoms. The highest BCUT2D eigenvalue weighted by Crippen LogP contribution is 2.36. The van der Waals surface area contributed by atoms with Crippen molar-refractivity contribution < 1.29 is 4.79 Å². The second kappa shape index (κ2) is 14.0. The Bertz CT molecular complexity index is 1730. The molecule has 6 rings (SSSR count). The van der Waals surface area contributed by atoms with Crippen LogP contribution < -0.4 is 5.32 Å². The van der Waals surface area contributed by atoms with Gasteiger partial charge in [0.05, 0.1) is 18.1 Å². The summed E-state index contributed by atoms with van der Waals surface area (Å²) in [5, 5.41) is 11.3. The number of carbonyl (C=O) groups excluding carboxylic acids is 1. The van der Waals surface area contributed by atoms with Crippen LogP contribution in [0.25, 0.3) is 16.9 Å². The van der Waals surface area contributed by atoms with Crippen LogP contribution in [0.2, 0.25) is 4.34 Å². The molecule has 0 aliphatic carbocycles. The first-order chi connectivity index (χ1) is 21.6. The van der Waals surface area contributed by atoms with E-state index in [0.29, 0.717) is 40.5 Å². The molecule has 6 aromatic rings. The van der Waals surface area contributed by atoms with Crippen molar-refractivity contribution in [2.24, 2.45) is 0 Å². The molecule has 0 unspecified atom stereocenters. The van der Waals surface area contributed by atoms with Crippen molar-refractivity contribution in [1.29, 1.82) is 0 Å². The van der Waals surface area contributed by atoms with E-state index in [4.69, 9.17) is 11.6 Å². The average Bonchev–Trinajstić information content (AvgIpc) is 3.74. The normalized spacial score (nSPS) is 11.0. The number of urea groups is 1. The van der Waals surface area contributed by atoms with Crippen molar-refractivity contribution >= 4 is 34.1 Å². The van der Waals surface area contributed by atoms with Gasteiger partial charge in [0.1, 0.15) is 15.9 Å². The smallest absolute Gasteiger partial charge is 0.323 e. The van der Waals surface area contributed by atoms with Crippen molar-refractivity contribution in [2.75, 3.05) is 18.4 Å². The fourth-order valence-corrected chi connectivity index (χ4v) is 6.09. The third-order valence-electron chi connectivity index (χ3n) is 7.23. The summed E-state index contributed by atoms with van der Waals surface area (Å²) in [5.74, 6) is 0.809. The van der Waals surface area contributed by atoms with Gasteiger partial charge in [0, 0.05) is 43.4 Å². The molecule has 0 spiro atoms. The Morgan fingerprint density at radius 1 is 0.864 bits per heavy atom. The molecule has 0 saturated heterocycles. The lowest BCUT2D eigenvalue weighted by Crippen LogP contribution is -2.38. The molecule has 44 heavy (non-hydrogen) atoms. The van der Waals surface area contributed by atoms with Crippen LogP contribution >= 0.6 is 22.9 Å². The largest absolute Gasteiger partial charge is 0.324 e. The van der Waals surface area contributed by atoms with Gasteiger partial charge in [0.15, 0.2) is 5.13 Å². The SMILES string of the molecule is O=C(Nc1nc(-c2ccc(-n3ccnn3)cc2)c(Cl)s1)N(CCc1ncccn1)CCC(c1ccccc1)c1ccccc1. The molecule has 3 heterocycles. The molecule has 1 N–H and O–H groups in total. The van der Waals surface area contributed by atoms with E-state index in [1.54, 1.807) is 40.4 Å². The monoisotopic (exact) mass is 620 g/mol. The lowest BCUT2D eigenvalue weighted by Gasteiger charge is -2.26. The Morgan fingerprint density at radius 2 is 1.55 bits per heavy atom. The van der Waals surface area contributed by atoms with E-state index >= 15 is 0 Å². The lowest BCUT2D eigenvalue weighted by molar-refractivity contribution is 0.210. The molecule has 0 aliphatic heterocycles. The van der Waals surface area contributed by atoms with Crippen molar-refractivity contribution in [1.82, 2.24) is 34.8 Å². The number of halogens is 1. The molecule has 0 saturated carbocycles. The van der Waals surface area contributed by atoms with Gasteiger partial charge in [-0.1, -0.05) is 101 Å². The fraction of sp³-hybridized carbons (Fsp3) is 0.152. The zero-order chi connectivity index (χ0) is 30.1. The van der Waals surface area contributed by atoms with E-state index in [2.05, 4.69) is 79.1 Å². The van der Waals surface area contributed by atoms with Crippen LogP contribution in [-0.2, 0) is 6.42 Å². The van der Waals surface area contributed by atoms with E-state index < -0.39 is 0 Å². The fourth-order valence-electron chi connectivity index (χ4n) is 5.01. The highest BCUT2D eigenvalue weighted by molar-refractivity contribution is 7.20. The molecular formula is C33H29ClN8OS.